The van der Waals surface area contributed by atoms with Gasteiger partial charge in [-0.3, -0.25) is 4.79 Å². The molecule has 1 atom stereocenters. The maximum Gasteiger partial charge on any atom is 0.257 e. The van der Waals surface area contributed by atoms with Crippen molar-refractivity contribution in [1.82, 2.24) is 10.5 Å². The Labute approximate surface area is 127 Å². The van der Waals surface area contributed by atoms with Crippen molar-refractivity contribution in [3.05, 3.63) is 29.5 Å². The second-order valence-electron chi connectivity index (χ2n) is 4.60. The quantitative estimate of drug-likeness (QED) is 0.874. The minimum atomic E-state index is -0.950. The van der Waals surface area contributed by atoms with Crippen molar-refractivity contribution in [2.45, 2.75) is 13.0 Å². The van der Waals surface area contributed by atoms with Crippen LogP contribution in [0.5, 0.6) is 11.5 Å². The standard InChI is InChI=1S/C15H18N2O5/c1-8(18)14-12(15(19)16-2)13(17-22-14)9-5-6-10(20-3)11(7-9)21-4/h5-8,18H,1-4H3,(H,16,19)/t8-/m0/s1. The highest BCUT2D eigenvalue weighted by atomic mass is 16.5. The number of aliphatic hydroxyl groups excluding tert-OH is 1. The summed E-state index contributed by atoms with van der Waals surface area (Å²) in [6.45, 7) is 1.51. The highest BCUT2D eigenvalue weighted by molar-refractivity contribution is 6.00. The van der Waals surface area contributed by atoms with E-state index in [2.05, 4.69) is 10.5 Å². The molecular formula is C15H18N2O5. The van der Waals surface area contributed by atoms with Crippen LogP contribution in [0.2, 0.25) is 0 Å². The maximum absolute atomic E-state index is 12.1. The van der Waals surface area contributed by atoms with E-state index in [0.29, 0.717) is 22.8 Å². The third kappa shape index (κ3) is 2.75. The largest absolute Gasteiger partial charge is 0.493 e. The van der Waals surface area contributed by atoms with Gasteiger partial charge in [-0.25, -0.2) is 0 Å². The van der Waals surface area contributed by atoms with Gasteiger partial charge in [0.2, 0.25) is 0 Å². The molecule has 0 aliphatic rings. The van der Waals surface area contributed by atoms with Crippen LogP contribution in [-0.2, 0) is 0 Å². The van der Waals surface area contributed by atoms with Gasteiger partial charge in [0.15, 0.2) is 17.3 Å². The minimum Gasteiger partial charge on any atom is -0.493 e. The number of carbonyl (C=O) groups excluding carboxylic acids is 1. The highest BCUT2D eigenvalue weighted by Gasteiger charge is 2.26. The van der Waals surface area contributed by atoms with E-state index >= 15 is 0 Å². The Bertz CT molecular complexity index is 679. The van der Waals surface area contributed by atoms with Crippen LogP contribution in [0.25, 0.3) is 11.3 Å². The smallest absolute Gasteiger partial charge is 0.257 e. The van der Waals surface area contributed by atoms with Crippen molar-refractivity contribution < 1.29 is 23.9 Å². The molecule has 0 saturated carbocycles. The lowest BCUT2D eigenvalue weighted by atomic mass is 10.0. The predicted molar refractivity (Wildman–Crippen MR) is 79.1 cm³/mol. The third-order valence-corrected chi connectivity index (χ3v) is 3.21. The molecule has 0 fully saturated rings. The number of methoxy groups -OCH3 is 2. The molecule has 2 aromatic rings. The number of ether oxygens (including phenoxy) is 2. The lowest BCUT2D eigenvalue weighted by molar-refractivity contribution is 0.0950. The van der Waals surface area contributed by atoms with E-state index < -0.39 is 6.10 Å². The lowest BCUT2D eigenvalue weighted by Gasteiger charge is -2.09. The Morgan fingerprint density at radius 2 is 2.00 bits per heavy atom. The van der Waals surface area contributed by atoms with E-state index in [1.54, 1.807) is 18.2 Å². The number of rotatable bonds is 5. The van der Waals surface area contributed by atoms with E-state index in [-0.39, 0.29) is 17.2 Å². The molecule has 0 saturated heterocycles. The molecule has 7 heteroatoms. The first-order valence-corrected chi connectivity index (χ1v) is 6.65. The van der Waals surface area contributed by atoms with Gasteiger partial charge in [0.25, 0.3) is 5.91 Å². The van der Waals surface area contributed by atoms with Crippen molar-refractivity contribution in [1.29, 1.82) is 0 Å². The van der Waals surface area contributed by atoms with E-state index in [9.17, 15) is 9.90 Å². The zero-order chi connectivity index (χ0) is 16.3. The zero-order valence-electron chi connectivity index (χ0n) is 12.8. The molecule has 118 valence electrons. The monoisotopic (exact) mass is 306 g/mol. The molecular weight excluding hydrogens is 288 g/mol. The van der Waals surface area contributed by atoms with Gasteiger partial charge in [0.1, 0.15) is 17.4 Å². The van der Waals surface area contributed by atoms with Crippen LogP contribution in [0.4, 0.5) is 0 Å². The maximum atomic E-state index is 12.1. The summed E-state index contributed by atoms with van der Waals surface area (Å²) >= 11 is 0. The summed E-state index contributed by atoms with van der Waals surface area (Å²) < 4.78 is 15.6. The Morgan fingerprint density at radius 3 is 2.55 bits per heavy atom. The molecule has 1 aromatic heterocycles. The molecule has 0 aliphatic heterocycles. The molecule has 0 unspecified atom stereocenters. The molecule has 0 bridgehead atoms. The first-order chi connectivity index (χ1) is 10.5. The Morgan fingerprint density at radius 1 is 1.32 bits per heavy atom. The second kappa shape index (κ2) is 6.48. The normalized spacial score (nSPS) is 11.9. The first kappa shape index (κ1) is 15.8. The number of nitrogens with zero attached hydrogens (tertiary/aromatic N) is 1. The number of amides is 1. The average Bonchev–Trinajstić information content (AvgIpc) is 2.98. The number of aromatic nitrogens is 1. The van der Waals surface area contributed by atoms with Crippen LogP contribution < -0.4 is 14.8 Å². The van der Waals surface area contributed by atoms with Crippen LogP contribution in [0.15, 0.2) is 22.7 Å². The third-order valence-electron chi connectivity index (χ3n) is 3.21. The van der Waals surface area contributed by atoms with Gasteiger partial charge in [0, 0.05) is 12.6 Å². The van der Waals surface area contributed by atoms with Crippen molar-refractivity contribution in [2.75, 3.05) is 21.3 Å². The summed E-state index contributed by atoms with van der Waals surface area (Å²) in [4.78, 5) is 12.1. The zero-order valence-corrected chi connectivity index (χ0v) is 12.8. The van der Waals surface area contributed by atoms with E-state index in [1.807, 2.05) is 0 Å². The van der Waals surface area contributed by atoms with Crippen LogP contribution in [-0.4, -0.2) is 37.4 Å². The molecule has 7 nitrogen and oxygen atoms in total. The fourth-order valence-corrected chi connectivity index (χ4v) is 2.11. The van der Waals surface area contributed by atoms with Gasteiger partial charge in [-0.05, 0) is 25.1 Å². The second-order valence-corrected chi connectivity index (χ2v) is 4.60. The van der Waals surface area contributed by atoms with E-state index in [4.69, 9.17) is 14.0 Å². The topological polar surface area (TPSA) is 93.8 Å². The van der Waals surface area contributed by atoms with E-state index in [0.717, 1.165) is 0 Å². The predicted octanol–water partition coefficient (Wildman–Crippen LogP) is 1.77. The van der Waals surface area contributed by atoms with Gasteiger partial charge in [0.05, 0.1) is 14.2 Å². The molecule has 1 heterocycles. The molecule has 0 spiro atoms. The highest BCUT2D eigenvalue weighted by Crippen LogP contribution is 2.35. The van der Waals surface area contributed by atoms with Crippen LogP contribution in [0.1, 0.15) is 29.1 Å². The Balaban J connectivity index is 2.60. The average molecular weight is 306 g/mol. The lowest BCUT2D eigenvalue weighted by Crippen LogP contribution is -2.20. The van der Waals surface area contributed by atoms with Crippen molar-refractivity contribution in [2.24, 2.45) is 0 Å². The summed E-state index contributed by atoms with van der Waals surface area (Å²) in [6, 6.07) is 5.13. The molecule has 0 radical (unpaired) electrons. The number of nitrogens with one attached hydrogen (secondary N) is 1. The molecule has 2 N–H and O–H groups in total. The van der Waals surface area contributed by atoms with E-state index in [1.165, 1.54) is 28.2 Å². The van der Waals surface area contributed by atoms with Crippen molar-refractivity contribution >= 4 is 5.91 Å². The summed E-state index contributed by atoms with van der Waals surface area (Å²) in [6.07, 6.45) is -0.950. The Hall–Kier alpha value is -2.54. The first-order valence-electron chi connectivity index (χ1n) is 6.65. The van der Waals surface area contributed by atoms with Crippen LogP contribution >= 0.6 is 0 Å². The number of aliphatic hydroxyl groups is 1. The fraction of sp³-hybridized carbons (Fsp3) is 0.333. The number of carbonyl (C=O) groups is 1. The number of hydrogen-bond acceptors (Lipinski definition) is 6. The van der Waals surface area contributed by atoms with Gasteiger partial charge in [-0.1, -0.05) is 5.16 Å². The van der Waals surface area contributed by atoms with Crippen molar-refractivity contribution in [3.63, 3.8) is 0 Å². The molecule has 0 aliphatic carbocycles. The van der Waals surface area contributed by atoms with Gasteiger partial charge < -0.3 is 24.4 Å². The molecule has 1 amide bonds. The number of hydrogen-bond donors (Lipinski definition) is 2. The molecule has 1 aromatic carbocycles. The fourth-order valence-electron chi connectivity index (χ4n) is 2.11. The summed E-state index contributed by atoms with van der Waals surface area (Å²) in [7, 11) is 4.56. The summed E-state index contributed by atoms with van der Waals surface area (Å²) in [5.41, 5.74) is 1.15. The summed E-state index contributed by atoms with van der Waals surface area (Å²) in [5.74, 6) is 0.794. The van der Waals surface area contributed by atoms with Crippen molar-refractivity contribution in [3.8, 4) is 22.8 Å². The van der Waals surface area contributed by atoms with Gasteiger partial charge >= 0.3 is 0 Å². The van der Waals surface area contributed by atoms with Gasteiger partial charge in [-0.15, -0.1) is 0 Å². The molecule has 22 heavy (non-hydrogen) atoms. The van der Waals surface area contributed by atoms with Crippen LogP contribution in [0.3, 0.4) is 0 Å². The number of benzene rings is 1. The Kier molecular flexibility index (Phi) is 4.67. The van der Waals surface area contributed by atoms with Crippen LogP contribution in [0, 0.1) is 0 Å². The van der Waals surface area contributed by atoms with Gasteiger partial charge in [-0.2, -0.15) is 0 Å². The molecule has 2 rings (SSSR count). The minimum absolute atomic E-state index is 0.115. The SMILES string of the molecule is CNC(=O)c1c(-c2ccc(OC)c(OC)c2)noc1[C@H](C)O. The summed E-state index contributed by atoms with van der Waals surface area (Å²) in [5, 5.41) is 16.2.